The molecule has 4 N–H and O–H groups in total. The molecule has 0 aliphatic rings. The van der Waals surface area contributed by atoms with E-state index in [0.717, 1.165) is 12.1 Å². The van der Waals surface area contributed by atoms with Gasteiger partial charge in [-0.25, -0.2) is 0 Å². The Morgan fingerprint density at radius 3 is 1.40 bits per heavy atom. The van der Waals surface area contributed by atoms with E-state index in [-0.39, 0.29) is 28.2 Å². The van der Waals surface area contributed by atoms with Crippen molar-refractivity contribution >= 4 is 46.3 Å². The van der Waals surface area contributed by atoms with Crippen LogP contribution in [0.3, 0.4) is 0 Å². The largest absolute Gasteiger partial charge is 0.497 e. The summed E-state index contributed by atoms with van der Waals surface area (Å²) in [5.74, 6) is -0.144. The van der Waals surface area contributed by atoms with Crippen molar-refractivity contribution in [1.29, 1.82) is 0 Å². The third-order valence-electron chi connectivity index (χ3n) is 4.50. The van der Waals surface area contributed by atoms with Crippen LogP contribution in [0, 0.1) is 6.92 Å². The first kappa shape index (κ1) is 36.6. The Hall–Kier alpha value is -3.43. The molecule has 3 aromatic carbocycles. The molecule has 0 saturated carbocycles. The summed E-state index contributed by atoms with van der Waals surface area (Å²) >= 11 is 0. The molecule has 0 fully saturated rings. The van der Waals surface area contributed by atoms with E-state index in [1.165, 1.54) is 50.4 Å². The molecule has 232 valence electrons. The van der Waals surface area contributed by atoms with Crippen LogP contribution in [0.2, 0.25) is 0 Å². The standard InChI is InChI=1S/C21H18O9S2.2CH4O3S/c1-13-3-4-14(11-19(13)31(23,24)25)21(22)15-5-10-18(20(12-15)32(26,27)28)30-17-8-6-16(29-2)7-9-17;2*1-5(2,3)4/h3-12H,1-2H3,(H,23,24,25)(H,26,27,28);2*1H3,(H,2,3,4). The summed E-state index contributed by atoms with van der Waals surface area (Å²) in [6.45, 7) is 1.44. The average molecular weight is 671 g/mol. The number of benzene rings is 3. The van der Waals surface area contributed by atoms with Crippen LogP contribution in [0.25, 0.3) is 0 Å². The zero-order chi connectivity index (χ0) is 32.7. The van der Waals surface area contributed by atoms with Gasteiger partial charge >= 0.3 is 0 Å². The number of carbonyl (C=O) groups excluding carboxylic acids is 1. The predicted octanol–water partition coefficient (Wildman–Crippen LogP) is 2.53. The molecule has 3 rings (SSSR count). The average Bonchev–Trinajstić information content (AvgIpc) is 2.81. The fourth-order valence-corrected chi connectivity index (χ4v) is 4.28. The Morgan fingerprint density at radius 1 is 0.619 bits per heavy atom. The van der Waals surface area contributed by atoms with Gasteiger partial charge in [0, 0.05) is 11.1 Å². The quantitative estimate of drug-likeness (QED) is 0.208. The van der Waals surface area contributed by atoms with E-state index in [4.69, 9.17) is 18.6 Å². The van der Waals surface area contributed by atoms with Crippen molar-refractivity contribution in [1.82, 2.24) is 0 Å². The molecule has 0 heterocycles. The molecule has 0 saturated heterocycles. The van der Waals surface area contributed by atoms with Gasteiger partial charge in [0.05, 0.1) is 24.5 Å². The Balaban J connectivity index is 0.000000759. The maximum atomic E-state index is 12.8. The maximum absolute atomic E-state index is 12.8. The number of hydrogen-bond acceptors (Lipinski definition) is 11. The van der Waals surface area contributed by atoms with Crippen LogP contribution in [0.4, 0.5) is 0 Å². The molecule has 3 aromatic rings. The van der Waals surface area contributed by atoms with Gasteiger partial charge in [-0.2, -0.15) is 33.7 Å². The topological polar surface area (TPSA) is 253 Å². The number of carbonyl (C=O) groups is 1. The zero-order valence-corrected chi connectivity index (χ0v) is 25.5. The number of aryl methyl sites for hydroxylation is 1. The third-order valence-corrected chi connectivity index (χ3v) is 6.37. The lowest BCUT2D eigenvalue weighted by atomic mass is 10.0. The van der Waals surface area contributed by atoms with Gasteiger partial charge < -0.3 is 9.47 Å². The lowest BCUT2D eigenvalue weighted by molar-refractivity contribution is 0.103. The Morgan fingerprint density at radius 2 is 1.00 bits per heavy atom. The highest BCUT2D eigenvalue weighted by Gasteiger charge is 2.22. The molecule has 0 aliphatic heterocycles. The summed E-state index contributed by atoms with van der Waals surface area (Å²) in [7, 11) is -15.2. The van der Waals surface area contributed by atoms with E-state index in [1.54, 1.807) is 12.1 Å². The van der Waals surface area contributed by atoms with Gasteiger partial charge in [-0.1, -0.05) is 12.1 Å². The first-order valence-electron chi connectivity index (χ1n) is 10.8. The van der Waals surface area contributed by atoms with Crippen LogP contribution in [0.5, 0.6) is 17.2 Å². The molecule has 19 heteroatoms. The number of ether oxygens (including phenoxy) is 2. The summed E-state index contributed by atoms with van der Waals surface area (Å²) < 4.78 is 128. The number of hydrogen-bond donors (Lipinski definition) is 4. The normalized spacial score (nSPS) is 11.7. The van der Waals surface area contributed by atoms with Crippen molar-refractivity contribution in [2.45, 2.75) is 16.7 Å². The van der Waals surface area contributed by atoms with E-state index in [2.05, 4.69) is 0 Å². The van der Waals surface area contributed by atoms with Crippen molar-refractivity contribution in [3.63, 3.8) is 0 Å². The fraction of sp³-hybridized carbons (Fsp3) is 0.174. The molecule has 0 aromatic heterocycles. The van der Waals surface area contributed by atoms with Crippen LogP contribution in [-0.4, -0.2) is 77.3 Å². The van der Waals surface area contributed by atoms with Gasteiger partial charge in [-0.15, -0.1) is 0 Å². The summed E-state index contributed by atoms with van der Waals surface area (Å²) in [5, 5.41) is 0. The van der Waals surface area contributed by atoms with Crippen LogP contribution in [-0.2, 0) is 40.5 Å². The van der Waals surface area contributed by atoms with Gasteiger partial charge in [-0.3, -0.25) is 23.0 Å². The van der Waals surface area contributed by atoms with Crippen molar-refractivity contribution < 1.29 is 66.2 Å². The smallest absolute Gasteiger partial charge is 0.298 e. The Labute approximate surface area is 242 Å². The minimum atomic E-state index is -4.78. The summed E-state index contributed by atoms with van der Waals surface area (Å²) in [6, 6.07) is 13.3. The predicted molar refractivity (Wildman–Crippen MR) is 149 cm³/mol. The van der Waals surface area contributed by atoms with Crippen LogP contribution < -0.4 is 9.47 Å². The zero-order valence-electron chi connectivity index (χ0n) is 22.2. The number of methoxy groups -OCH3 is 1. The summed E-state index contributed by atoms with van der Waals surface area (Å²) in [5.41, 5.74) is -0.0240. The van der Waals surface area contributed by atoms with Crippen molar-refractivity contribution in [2.24, 2.45) is 0 Å². The SMILES string of the molecule is COc1ccc(Oc2ccc(C(=O)c3ccc(C)c(S(=O)(=O)O)c3)cc2S(=O)(=O)O)cc1.CS(=O)(=O)O.CS(=O)(=O)O. The molecule has 0 atom stereocenters. The van der Waals surface area contributed by atoms with Crippen molar-refractivity contribution in [3.05, 3.63) is 77.4 Å². The molecule has 0 aliphatic carbocycles. The minimum absolute atomic E-state index is 0.103. The van der Waals surface area contributed by atoms with Crippen LogP contribution in [0.15, 0.2) is 70.5 Å². The van der Waals surface area contributed by atoms with Gasteiger partial charge in [0.1, 0.15) is 22.1 Å². The third kappa shape index (κ3) is 13.5. The van der Waals surface area contributed by atoms with Crippen molar-refractivity contribution in [3.8, 4) is 17.2 Å². The number of ketones is 1. The molecule has 0 bridgehead atoms. The minimum Gasteiger partial charge on any atom is -0.497 e. The second-order valence-corrected chi connectivity index (χ2v) is 13.9. The molecule has 0 unspecified atom stereocenters. The maximum Gasteiger partial charge on any atom is 0.298 e. The lowest BCUT2D eigenvalue weighted by Gasteiger charge is -2.12. The van der Waals surface area contributed by atoms with Gasteiger partial charge in [0.15, 0.2) is 5.78 Å². The van der Waals surface area contributed by atoms with Crippen LogP contribution in [0.1, 0.15) is 21.5 Å². The number of rotatable bonds is 7. The summed E-state index contributed by atoms with van der Waals surface area (Å²) in [6.07, 6.45) is 1.43. The van der Waals surface area contributed by atoms with Gasteiger partial charge in [0.25, 0.3) is 40.5 Å². The Bertz CT molecular complexity index is 1820. The summed E-state index contributed by atoms with van der Waals surface area (Å²) in [4.78, 5) is 11.8. The highest BCUT2D eigenvalue weighted by atomic mass is 32.2. The van der Waals surface area contributed by atoms with E-state index < -0.39 is 56.0 Å². The molecule has 0 amide bonds. The molecule has 0 radical (unpaired) electrons. The molecule has 15 nitrogen and oxygen atoms in total. The highest BCUT2D eigenvalue weighted by molar-refractivity contribution is 7.86. The van der Waals surface area contributed by atoms with Crippen molar-refractivity contribution in [2.75, 3.05) is 19.6 Å². The highest BCUT2D eigenvalue weighted by Crippen LogP contribution is 2.31. The monoisotopic (exact) mass is 670 g/mol. The van der Waals surface area contributed by atoms with E-state index in [9.17, 15) is 47.6 Å². The lowest BCUT2D eigenvalue weighted by Crippen LogP contribution is -2.08. The first-order valence-corrected chi connectivity index (χ1v) is 17.4. The first-order chi connectivity index (χ1) is 18.9. The second kappa shape index (κ2) is 14.2. The second-order valence-electron chi connectivity index (χ2n) is 8.16. The van der Waals surface area contributed by atoms with E-state index >= 15 is 0 Å². The molecular weight excluding hydrogens is 645 g/mol. The van der Waals surface area contributed by atoms with Crippen LogP contribution >= 0.6 is 0 Å². The molecule has 0 spiro atoms. The molecular formula is C23H26O15S4. The molecule has 42 heavy (non-hydrogen) atoms. The van der Waals surface area contributed by atoms with E-state index in [0.29, 0.717) is 18.3 Å². The van der Waals surface area contributed by atoms with Gasteiger partial charge in [0.2, 0.25) is 0 Å². The Kier molecular flexibility index (Phi) is 12.3. The fourth-order valence-electron chi connectivity index (χ4n) is 2.89. The van der Waals surface area contributed by atoms with Gasteiger partial charge in [-0.05, 0) is 61.0 Å². The van der Waals surface area contributed by atoms with E-state index in [1.807, 2.05) is 0 Å².